The molecule has 0 aliphatic carbocycles. The Bertz CT molecular complexity index is 240. The van der Waals surface area contributed by atoms with Gasteiger partial charge in [0.1, 0.15) is 0 Å². The van der Waals surface area contributed by atoms with Gasteiger partial charge in [-0.3, -0.25) is 4.90 Å². The van der Waals surface area contributed by atoms with Gasteiger partial charge in [-0.15, -0.1) is 0 Å². The lowest BCUT2D eigenvalue weighted by atomic mass is 9.87. The molecule has 1 fully saturated rings. The summed E-state index contributed by atoms with van der Waals surface area (Å²) < 4.78 is 0. The van der Waals surface area contributed by atoms with E-state index in [2.05, 4.69) is 37.6 Å². The van der Waals surface area contributed by atoms with Gasteiger partial charge >= 0.3 is 0 Å². The largest absolute Gasteiger partial charge is 0.330 e. The van der Waals surface area contributed by atoms with E-state index in [1.165, 1.54) is 58.3 Å². The van der Waals surface area contributed by atoms with E-state index in [0.717, 1.165) is 12.6 Å². The molecule has 0 aromatic heterocycles. The first-order valence-electron chi connectivity index (χ1n) is 8.11. The summed E-state index contributed by atoms with van der Waals surface area (Å²) in [7, 11) is 2.26. The number of nitrogens with zero attached hydrogens (tertiary/aromatic N) is 2. The van der Waals surface area contributed by atoms with Crippen LogP contribution in [0.4, 0.5) is 0 Å². The lowest BCUT2D eigenvalue weighted by Gasteiger charge is -2.30. The molecule has 0 aromatic rings. The molecule has 1 atom stereocenters. The van der Waals surface area contributed by atoms with Gasteiger partial charge in [0.15, 0.2) is 0 Å². The van der Waals surface area contributed by atoms with E-state index >= 15 is 0 Å². The SMILES string of the molecule is CCC1CN(C)CCCN1CCCCC(C)(C)CN. The monoisotopic (exact) mass is 269 g/mol. The molecule has 1 saturated heterocycles. The molecule has 3 nitrogen and oxygen atoms in total. The fourth-order valence-electron chi connectivity index (χ4n) is 3.00. The average molecular weight is 269 g/mol. The molecule has 0 aromatic carbocycles. The molecule has 19 heavy (non-hydrogen) atoms. The van der Waals surface area contributed by atoms with Crippen LogP contribution in [0.1, 0.15) is 52.9 Å². The molecular weight excluding hydrogens is 234 g/mol. The zero-order valence-electron chi connectivity index (χ0n) is 13.6. The second kappa shape index (κ2) is 8.23. The maximum atomic E-state index is 5.79. The summed E-state index contributed by atoms with van der Waals surface area (Å²) in [6.07, 6.45) is 6.49. The normalized spacial score (nSPS) is 23.5. The van der Waals surface area contributed by atoms with Crippen LogP contribution in [0, 0.1) is 5.41 Å². The smallest absolute Gasteiger partial charge is 0.0220 e. The second-order valence-electron chi connectivity index (χ2n) is 7.04. The number of hydrogen-bond acceptors (Lipinski definition) is 3. The van der Waals surface area contributed by atoms with Crippen molar-refractivity contribution in [1.82, 2.24) is 9.80 Å². The first-order valence-corrected chi connectivity index (χ1v) is 8.11. The summed E-state index contributed by atoms with van der Waals surface area (Å²) in [6.45, 7) is 12.7. The van der Waals surface area contributed by atoms with Crippen molar-refractivity contribution in [2.24, 2.45) is 11.1 Å². The van der Waals surface area contributed by atoms with Gasteiger partial charge in [-0.05, 0) is 64.3 Å². The van der Waals surface area contributed by atoms with Crippen molar-refractivity contribution in [2.45, 2.75) is 58.9 Å². The van der Waals surface area contributed by atoms with E-state index < -0.39 is 0 Å². The Kier molecular flexibility index (Phi) is 7.33. The van der Waals surface area contributed by atoms with Crippen LogP contribution < -0.4 is 5.73 Å². The van der Waals surface area contributed by atoms with Crippen molar-refractivity contribution in [3.63, 3.8) is 0 Å². The van der Waals surface area contributed by atoms with Gasteiger partial charge in [0.05, 0.1) is 0 Å². The maximum Gasteiger partial charge on any atom is 0.0220 e. The third-order valence-electron chi connectivity index (χ3n) is 4.60. The maximum absolute atomic E-state index is 5.79. The molecule has 3 heteroatoms. The van der Waals surface area contributed by atoms with Gasteiger partial charge in [-0.25, -0.2) is 0 Å². The van der Waals surface area contributed by atoms with Crippen LogP contribution in [0.2, 0.25) is 0 Å². The Balaban J connectivity index is 2.30. The third kappa shape index (κ3) is 6.24. The predicted molar refractivity (Wildman–Crippen MR) is 84.5 cm³/mol. The number of unbranched alkanes of at least 4 members (excludes halogenated alkanes) is 1. The zero-order chi connectivity index (χ0) is 14.3. The van der Waals surface area contributed by atoms with Gasteiger partial charge in [0.25, 0.3) is 0 Å². The Morgan fingerprint density at radius 2 is 1.95 bits per heavy atom. The van der Waals surface area contributed by atoms with Crippen molar-refractivity contribution in [1.29, 1.82) is 0 Å². The summed E-state index contributed by atoms with van der Waals surface area (Å²) in [4.78, 5) is 5.21. The third-order valence-corrected chi connectivity index (χ3v) is 4.60. The minimum atomic E-state index is 0.323. The zero-order valence-corrected chi connectivity index (χ0v) is 13.6. The number of likely N-dealkylation sites (N-methyl/N-ethyl adjacent to an activating group) is 1. The first kappa shape index (κ1) is 16.9. The Morgan fingerprint density at radius 1 is 1.21 bits per heavy atom. The quantitative estimate of drug-likeness (QED) is 0.721. The molecule has 0 spiro atoms. The van der Waals surface area contributed by atoms with Crippen LogP contribution in [0.25, 0.3) is 0 Å². The van der Waals surface area contributed by atoms with E-state index in [-0.39, 0.29) is 0 Å². The topological polar surface area (TPSA) is 32.5 Å². The molecule has 0 saturated carbocycles. The van der Waals surface area contributed by atoms with Crippen LogP contribution in [-0.4, -0.2) is 55.6 Å². The Labute approximate surface area is 120 Å². The molecule has 0 bridgehead atoms. The van der Waals surface area contributed by atoms with Crippen molar-refractivity contribution in [3.05, 3.63) is 0 Å². The van der Waals surface area contributed by atoms with E-state index in [9.17, 15) is 0 Å². The van der Waals surface area contributed by atoms with Gasteiger partial charge in [-0.2, -0.15) is 0 Å². The summed E-state index contributed by atoms with van der Waals surface area (Å²) in [5.41, 5.74) is 6.12. The van der Waals surface area contributed by atoms with Gasteiger partial charge in [0.2, 0.25) is 0 Å². The van der Waals surface area contributed by atoms with Crippen LogP contribution in [0.15, 0.2) is 0 Å². The van der Waals surface area contributed by atoms with Crippen molar-refractivity contribution >= 4 is 0 Å². The van der Waals surface area contributed by atoms with Gasteiger partial charge in [0, 0.05) is 12.6 Å². The standard InChI is InChI=1S/C16H35N3/c1-5-15-13-18(4)10-8-12-19(15)11-7-6-9-16(2,3)14-17/h15H,5-14,17H2,1-4H3. The lowest BCUT2D eigenvalue weighted by molar-refractivity contribution is 0.177. The highest BCUT2D eigenvalue weighted by molar-refractivity contribution is 4.78. The lowest BCUT2D eigenvalue weighted by Crippen LogP contribution is -2.40. The summed E-state index contributed by atoms with van der Waals surface area (Å²) in [6, 6.07) is 0.759. The Hall–Kier alpha value is -0.120. The van der Waals surface area contributed by atoms with E-state index in [1.807, 2.05) is 0 Å². The Morgan fingerprint density at radius 3 is 2.58 bits per heavy atom. The minimum absolute atomic E-state index is 0.323. The second-order valence-corrected chi connectivity index (χ2v) is 7.04. The summed E-state index contributed by atoms with van der Waals surface area (Å²) in [5.74, 6) is 0. The highest BCUT2D eigenvalue weighted by Gasteiger charge is 2.21. The summed E-state index contributed by atoms with van der Waals surface area (Å²) in [5, 5.41) is 0. The average Bonchev–Trinajstić information content (AvgIpc) is 2.56. The molecule has 1 heterocycles. The number of hydrogen-bond donors (Lipinski definition) is 1. The van der Waals surface area contributed by atoms with Crippen molar-refractivity contribution < 1.29 is 0 Å². The highest BCUT2D eigenvalue weighted by Crippen LogP contribution is 2.22. The van der Waals surface area contributed by atoms with Gasteiger partial charge < -0.3 is 10.6 Å². The molecule has 2 N–H and O–H groups in total. The molecule has 1 unspecified atom stereocenters. The van der Waals surface area contributed by atoms with E-state index in [0.29, 0.717) is 5.41 Å². The van der Waals surface area contributed by atoms with E-state index in [4.69, 9.17) is 5.73 Å². The molecular formula is C16H35N3. The van der Waals surface area contributed by atoms with Crippen LogP contribution in [-0.2, 0) is 0 Å². The predicted octanol–water partition coefficient (Wildman–Crippen LogP) is 2.56. The fraction of sp³-hybridized carbons (Fsp3) is 1.00. The first-order chi connectivity index (χ1) is 8.98. The van der Waals surface area contributed by atoms with Crippen molar-refractivity contribution in [2.75, 3.05) is 39.8 Å². The fourth-order valence-corrected chi connectivity index (χ4v) is 3.00. The molecule has 0 radical (unpaired) electrons. The molecule has 114 valence electrons. The molecule has 1 aliphatic rings. The highest BCUT2D eigenvalue weighted by atomic mass is 15.2. The minimum Gasteiger partial charge on any atom is -0.330 e. The number of rotatable bonds is 7. The van der Waals surface area contributed by atoms with Crippen molar-refractivity contribution in [3.8, 4) is 0 Å². The molecule has 1 rings (SSSR count). The van der Waals surface area contributed by atoms with Crippen LogP contribution in [0.3, 0.4) is 0 Å². The summed E-state index contributed by atoms with van der Waals surface area (Å²) >= 11 is 0. The van der Waals surface area contributed by atoms with Crippen LogP contribution >= 0.6 is 0 Å². The van der Waals surface area contributed by atoms with Gasteiger partial charge in [-0.1, -0.05) is 27.2 Å². The number of nitrogens with two attached hydrogens (primary N) is 1. The molecule has 0 amide bonds. The molecule has 1 aliphatic heterocycles. The van der Waals surface area contributed by atoms with E-state index in [1.54, 1.807) is 0 Å². The van der Waals surface area contributed by atoms with Crippen LogP contribution in [0.5, 0.6) is 0 Å².